The summed E-state index contributed by atoms with van der Waals surface area (Å²) < 4.78 is 20.7. The summed E-state index contributed by atoms with van der Waals surface area (Å²) in [6.07, 6.45) is 3.85. The number of fused-ring (bicyclic) bond motifs is 1. The second-order valence-electron chi connectivity index (χ2n) is 3.31. The monoisotopic (exact) mass is 212 g/mol. The second-order valence-corrected chi connectivity index (χ2v) is 3.31. The Kier molecular flexibility index (Phi) is 2.09. The highest BCUT2D eigenvalue weighted by molar-refractivity contribution is 5.76. The summed E-state index contributed by atoms with van der Waals surface area (Å²) in [4.78, 5) is 11.0. The van der Waals surface area contributed by atoms with Crippen LogP contribution in [0.1, 0.15) is 0 Å². The van der Waals surface area contributed by atoms with Crippen molar-refractivity contribution >= 4 is 6.29 Å². The van der Waals surface area contributed by atoms with E-state index in [2.05, 4.69) is 0 Å². The molecule has 2 aliphatic rings. The molecule has 0 aromatic heterocycles. The van der Waals surface area contributed by atoms with Crippen LogP contribution in [-0.2, 0) is 23.7 Å². The van der Waals surface area contributed by atoms with Crippen molar-refractivity contribution < 1.29 is 23.7 Å². The number of epoxide rings is 1. The van der Waals surface area contributed by atoms with Crippen LogP contribution in [-0.4, -0.2) is 39.0 Å². The van der Waals surface area contributed by atoms with Crippen LogP contribution in [0.3, 0.4) is 0 Å². The number of carbonyl (C=O) groups excluding carboxylic acids is 1. The van der Waals surface area contributed by atoms with E-state index in [1.54, 1.807) is 12.2 Å². The van der Waals surface area contributed by atoms with Crippen LogP contribution in [0.25, 0.3) is 0 Å². The molecule has 1 fully saturated rings. The van der Waals surface area contributed by atoms with Crippen LogP contribution in [0, 0.1) is 0 Å². The first kappa shape index (κ1) is 10.2. The first-order chi connectivity index (χ1) is 7.17. The maximum atomic E-state index is 11.0. The third-order valence-corrected chi connectivity index (χ3v) is 2.65. The lowest BCUT2D eigenvalue weighted by molar-refractivity contribution is -0.111. The van der Waals surface area contributed by atoms with E-state index in [1.807, 2.05) is 0 Å². The smallest absolute Gasteiger partial charge is 0.234 e. The molecule has 1 heterocycles. The first-order valence-electron chi connectivity index (χ1n) is 4.42. The highest BCUT2D eigenvalue weighted by Gasteiger charge is 2.72. The normalized spacial score (nSPS) is 37.3. The Morgan fingerprint density at radius 1 is 1.20 bits per heavy atom. The fourth-order valence-corrected chi connectivity index (χ4v) is 1.73. The van der Waals surface area contributed by atoms with Crippen molar-refractivity contribution in [3.8, 4) is 0 Å². The van der Waals surface area contributed by atoms with E-state index in [0.29, 0.717) is 17.8 Å². The zero-order valence-corrected chi connectivity index (χ0v) is 8.77. The van der Waals surface area contributed by atoms with Crippen molar-refractivity contribution in [1.82, 2.24) is 0 Å². The number of rotatable bonds is 4. The fraction of sp³-hybridized carbons (Fsp3) is 0.500. The van der Waals surface area contributed by atoms with Crippen molar-refractivity contribution in [3.63, 3.8) is 0 Å². The van der Waals surface area contributed by atoms with Gasteiger partial charge in [0, 0.05) is 19.3 Å². The average Bonchev–Trinajstić information content (AvgIpc) is 2.96. The minimum Gasteiger partial charge on any atom is -0.493 e. The summed E-state index contributed by atoms with van der Waals surface area (Å²) in [5.41, 5.74) is -1.06. The lowest BCUT2D eigenvalue weighted by Gasteiger charge is -2.18. The Labute approximate surface area is 87.2 Å². The molecule has 0 spiro atoms. The van der Waals surface area contributed by atoms with E-state index >= 15 is 0 Å². The SMILES string of the molecule is COC1=CC2(C=O)OC2(OC)C=C1OC. The molecule has 0 bridgehead atoms. The van der Waals surface area contributed by atoms with Crippen molar-refractivity contribution in [3.05, 3.63) is 23.7 Å². The van der Waals surface area contributed by atoms with Crippen LogP contribution in [0.15, 0.2) is 23.7 Å². The molecule has 1 aliphatic heterocycles. The molecule has 2 atom stereocenters. The third-order valence-electron chi connectivity index (χ3n) is 2.65. The summed E-state index contributed by atoms with van der Waals surface area (Å²) in [7, 11) is 4.48. The zero-order chi connectivity index (χ0) is 11.1. The number of hydrogen-bond acceptors (Lipinski definition) is 5. The molecule has 5 nitrogen and oxygen atoms in total. The molecule has 15 heavy (non-hydrogen) atoms. The van der Waals surface area contributed by atoms with E-state index in [0.717, 1.165) is 0 Å². The van der Waals surface area contributed by atoms with E-state index < -0.39 is 11.4 Å². The lowest BCUT2D eigenvalue weighted by atomic mass is 9.97. The van der Waals surface area contributed by atoms with Gasteiger partial charge in [-0.25, -0.2) is 0 Å². The van der Waals surface area contributed by atoms with E-state index in [4.69, 9.17) is 18.9 Å². The summed E-state index contributed by atoms with van der Waals surface area (Å²) in [6, 6.07) is 0. The summed E-state index contributed by atoms with van der Waals surface area (Å²) >= 11 is 0. The van der Waals surface area contributed by atoms with E-state index in [-0.39, 0.29) is 0 Å². The number of carbonyl (C=O) groups is 1. The van der Waals surface area contributed by atoms with Gasteiger partial charge in [0.2, 0.25) is 11.4 Å². The molecule has 1 saturated heterocycles. The highest BCUT2D eigenvalue weighted by Crippen LogP contribution is 2.53. The molecule has 0 aromatic carbocycles. The predicted octanol–water partition coefficient (Wildman–Crippen LogP) is 0.371. The van der Waals surface area contributed by atoms with Gasteiger partial charge in [-0.1, -0.05) is 0 Å². The topological polar surface area (TPSA) is 57.3 Å². The van der Waals surface area contributed by atoms with Crippen molar-refractivity contribution in [1.29, 1.82) is 0 Å². The van der Waals surface area contributed by atoms with Crippen LogP contribution in [0.5, 0.6) is 0 Å². The number of aldehydes is 1. The molecule has 82 valence electrons. The van der Waals surface area contributed by atoms with Crippen LogP contribution in [0.4, 0.5) is 0 Å². The third kappa shape index (κ3) is 1.13. The zero-order valence-electron chi connectivity index (χ0n) is 8.77. The van der Waals surface area contributed by atoms with Crippen molar-refractivity contribution in [2.75, 3.05) is 21.3 Å². The van der Waals surface area contributed by atoms with Gasteiger partial charge in [0.25, 0.3) is 0 Å². The molecule has 0 amide bonds. The number of ether oxygens (including phenoxy) is 4. The molecule has 2 rings (SSSR count). The standard InChI is InChI=1S/C10H12O5/c1-12-7-4-9(6-11)10(14-3,15-9)5-8(7)13-2/h4-6H,1-3H3. The first-order valence-corrected chi connectivity index (χ1v) is 4.42. The second kappa shape index (κ2) is 3.08. The summed E-state index contributed by atoms with van der Waals surface area (Å²) in [5, 5.41) is 0. The van der Waals surface area contributed by atoms with Gasteiger partial charge in [-0.15, -0.1) is 0 Å². The van der Waals surface area contributed by atoms with Gasteiger partial charge >= 0.3 is 0 Å². The minimum absolute atomic E-state index is 0.467. The Morgan fingerprint density at radius 2 is 1.80 bits per heavy atom. The van der Waals surface area contributed by atoms with Gasteiger partial charge in [0.05, 0.1) is 14.2 Å². The average molecular weight is 212 g/mol. The Balaban J connectivity index is 2.41. The van der Waals surface area contributed by atoms with Gasteiger partial charge in [-0.2, -0.15) is 0 Å². The molecule has 0 aromatic rings. The van der Waals surface area contributed by atoms with Crippen molar-refractivity contribution in [2.45, 2.75) is 11.4 Å². The predicted molar refractivity (Wildman–Crippen MR) is 49.8 cm³/mol. The molecule has 1 aliphatic carbocycles. The lowest BCUT2D eigenvalue weighted by Crippen LogP contribution is -2.30. The van der Waals surface area contributed by atoms with Crippen molar-refractivity contribution in [2.24, 2.45) is 0 Å². The highest BCUT2D eigenvalue weighted by atomic mass is 16.8. The maximum Gasteiger partial charge on any atom is 0.234 e. The van der Waals surface area contributed by atoms with E-state index in [1.165, 1.54) is 21.3 Å². The van der Waals surface area contributed by atoms with Gasteiger partial charge in [0.15, 0.2) is 17.8 Å². The van der Waals surface area contributed by atoms with Gasteiger partial charge in [-0.3, -0.25) is 4.79 Å². The molecule has 2 unspecified atom stereocenters. The molecular formula is C10H12O5. The van der Waals surface area contributed by atoms with Gasteiger partial charge in [0.1, 0.15) is 0 Å². The molecule has 0 saturated carbocycles. The van der Waals surface area contributed by atoms with Gasteiger partial charge in [-0.05, 0) is 0 Å². The van der Waals surface area contributed by atoms with Crippen LogP contribution in [0.2, 0.25) is 0 Å². The minimum atomic E-state index is -1.06. The Hall–Kier alpha value is -1.33. The number of hydrogen-bond donors (Lipinski definition) is 0. The molecule has 0 N–H and O–H groups in total. The van der Waals surface area contributed by atoms with Gasteiger partial charge < -0.3 is 18.9 Å². The summed E-state index contributed by atoms with van der Waals surface area (Å²) in [5.74, 6) is -0.0635. The fourth-order valence-electron chi connectivity index (χ4n) is 1.73. The summed E-state index contributed by atoms with van der Waals surface area (Å²) in [6.45, 7) is 0. The molecule has 5 heteroatoms. The molecule has 0 radical (unpaired) electrons. The van der Waals surface area contributed by atoms with Crippen LogP contribution >= 0.6 is 0 Å². The maximum absolute atomic E-state index is 11.0. The Morgan fingerprint density at radius 3 is 2.27 bits per heavy atom. The van der Waals surface area contributed by atoms with Crippen LogP contribution < -0.4 is 0 Å². The Bertz CT molecular complexity index is 359. The number of methoxy groups -OCH3 is 3. The quantitative estimate of drug-likeness (QED) is 0.497. The largest absolute Gasteiger partial charge is 0.493 e. The van der Waals surface area contributed by atoms with E-state index in [9.17, 15) is 4.79 Å². The molecular weight excluding hydrogens is 200 g/mol.